The van der Waals surface area contributed by atoms with Crippen LogP contribution in [-0.4, -0.2) is 37.0 Å². The largest absolute Gasteiger partial charge is 0.477 e. The molecule has 5 nitrogen and oxygen atoms in total. The summed E-state index contributed by atoms with van der Waals surface area (Å²) in [5, 5.41) is 8.93. The summed E-state index contributed by atoms with van der Waals surface area (Å²) in [5.74, 6) is -1.10. The van der Waals surface area contributed by atoms with Crippen molar-refractivity contribution in [3.8, 4) is 0 Å². The van der Waals surface area contributed by atoms with Crippen LogP contribution >= 0.6 is 23.1 Å². The third kappa shape index (κ3) is 4.20. The summed E-state index contributed by atoms with van der Waals surface area (Å²) in [6, 6.07) is 1.39. The van der Waals surface area contributed by atoms with Gasteiger partial charge in [-0.2, -0.15) is 11.8 Å². The van der Waals surface area contributed by atoms with Gasteiger partial charge in [-0.25, -0.2) is 17.9 Å². The van der Waals surface area contributed by atoms with Crippen LogP contribution < -0.4 is 4.72 Å². The number of sulfonamides is 1. The lowest BCUT2D eigenvalue weighted by Crippen LogP contribution is -2.35. The second-order valence-corrected chi connectivity index (χ2v) is 9.23. The minimum Gasteiger partial charge on any atom is -0.477 e. The predicted molar refractivity (Wildman–Crippen MR) is 78.8 cm³/mol. The van der Waals surface area contributed by atoms with Crippen molar-refractivity contribution < 1.29 is 18.3 Å². The number of carbonyl (C=O) groups is 1. The average molecular weight is 323 g/mol. The zero-order valence-electron chi connectivity index (χ0n) is 11.2. The Morgan fingerprint density at radius 1 is 1.53 bits per heavy atom. The van der Waals surface area contributed by atoms with E-state index in [1.807, 2.05) is 20.1 Å². The summed E-state index contributed by atoms with van der Waals surface area (Å²) in [5.41, 5.74) is 0.460. The quantitative estimate of drug-likeness (QED) is 0.838. The standard InChI is InChI=1S/C11H17NO4S3/c1-7-5-8(18-9(7)10(13)14)19(15,16)12-6-11(2,3)17-4/h5,12H,6H2,1-4H3,(H,13,14). The highest BCUT2D eigenvalue weighted by atomic mass is 32.2. The van der Waals surface area contributed by atoms with E-state index in [9.17, 15) is 13.2 Å². The SMILES string of the molecule is CSC(C)(C)CNS(=O)(=O)c1cc(C)c(C(=O)O)s1. The molecular weight excluding hydrogens is 306 g/mol. The van der Waals surface area contributed by atoms with Crippen molar-refractivity contribution in [2.75, 3.05) is 12.8 Å². The van der Waals surface area contributed by atoms with Crippen LogP contribution in [0.3, 0.4) is 0 Å². The van der Waals surface area contributed by atoms with Crippen LogP contribution in [0.15, 0.2) is 10.3 Å². The first-order valence-corrected chi connectivity index (χ1v) is 9.00. The van der Waals surface area contributed by atoms with E-state index in [1.165, 1.54) is 6.07 Å². The predicted octanol–water partition coefficient (Wildman–Crippen LogP) is 2.17. The van der Waals surface area contributed by atoms with Crippen LogP contribution in [0.1, 0.15) is 29.1 Å². The third-order valence-corrected chi connectivity index (χ3v) is 6.94. The van der Waals surface area contributed by atoms with Crippen LogP contribution in [0.4, 0.5) is 0 Å². The van der Waals surface area contributed by atoms with Crippen LogP contribution in [0, 0.1) is 6.92 Å². The Morgan fingerprint density at radius 2 is 2.11 bits per heavy atom. The highest BCUT2D eigenvalue weighted by molar-refractivity contribution is 8.00. The first kappa shape index (κ1) is 16.5. The summed E-state index contributed by atoms with van der Waals surface area (Å²) in [6.45, 7) is 5.74. The van der Waals surface area contributed by atoms with E-state index in [2.05, 4.69) is 4.72 Å². The highest BCUT2D eigenvalue weighted by Gasteiger charge is 2.24. The summed E-state index contributed by atoms with van der Waals surface area (Å²) in [7, 11) is -3.65. The first-order chi connectivity index (χ1) is 8.59. The van der Waals surface area contributed by atoms with Gasteiger partial charge in [0.2, 0.25) is 10.0 Å². The van der Waals surface area contributed by atoms with Crippen LogP contribution in [-0.2, 0) is 10.0 Å². The van der Waals surface area contributed by atoms with Crippen molar-refractivity contribution in [2.24, 2.45) is 0 Å². The summed E-state index contributed by atoms with van der Waals surface area (Å²) < 4.78 is 26.5. The fourth-order valence-corrected chi connectivity index (χ4v) is 4.15. The Labute approximate surface area is 121 Å². The molecule has 0 fully saturated rings. The lowest BCUT2D eigenvalue weighted by molar-refractivity contribution is 0.0701. The van der Waals surface area contributed by atoms with E-state index in [-0.39, 0.29) is 20.4 Å². The van der Waals surface area contributed by atoms with Crippen molar-refractivity contribution >= 4 is 39.1 Å². The monoisotopic (exact) mass is 323 g/mol. The number of carboxylic acid groups (broad SMARTS) is 1. The second kappa shape index (κ2) is 5.82. The van der Waals surface area contributed by atoms with Gasteiger partial charge >= 0.3 is 5.97 Å². The molecule has 19 heavy (non-hydrogen) atoms. The Bertz CT molecular complexity index is 575. The maximum absolute atomic E-state index is 12.1. The van der Waals surface area contributed by atoms with E-state index in [1.54, 1.807) is 18.7 Å². The van der Waals surface area contributed by atoms with Gasteiger partial charge in [-0.3, -0.25) is 0 Å². The lowest BCUT2D eigenvalue weighted by atomic mass is 10.2. The molecular formula is C11H17NO4S3. The van der Waals surface area contributed by atoms with Gasteiger partial charge in [0.05, 0.1) is 0 Å². The fourth-order valence-electron chi connectivity index (χ4n) is 1.21. The van der Waals surface area contributed by atoms with Crippen LogP contribution in [0.5, 0.6) is 0 Å². The fraction of sp³-hybridized carbons (Fsp3) is 0.545. The maximum atomic E-state index is 12.1. The van der Waals surface area contributed by atoms with Crippen molar-refractivity contribution in [3.05, 3.63) is 16.5 Å². The van der Waals surface area contributed by atoms with Gasteiger partial charge in [0.1, 0.15) is 9.09 Å². The Balaban J connectivity index is 2.96. The Kier molecular flexibility index (Phi) is 5.05. The molecule has 1 aromatic heterocycles. The summed E-state index contributed by atoms with van der Waals surface area (Å²) in [6.07, 6.45) is 1.91. The van der Waals surface area contributed by atoms with E-state index in [4.69, 9.17) is 5.11 Å². The third-order valence-electron chi connectivity index (χ3n) is 2.59. The van der Waals surface area contributed by atoms with Crippen molar-refractivity contribution in [1.82, 2.24) is 4.72 Å². The Morgan fingerprint density at radius 3 is 2.53 bits per heavy atom. The number of rotatable bonds is 6. The molecule has 108 valence electrons. The number of hydrogen-bond acceptors (Lipinski definition) is 5. The number of carboxylic acids is 1. The van der Waals surface area contributed by atoms with Gasteiger partial charge < -0.3 is 5.11 Å². The smallest absolute Gasteiger partial charge is 0.346 e. The molecule has 0 atom stereocenters. The molecule has 0 spiro atoms. The van der Waals surface area contributed by atoms with Gasteiger partial charge in [-0.1, -0.05) is 0 Å². The molecule has 2 N–H and O–H groups in total. The minimum absolute atomic E-state index is 0.0410. The lowest BCUT2D eigenvalue weighted by Gasteiger charge is -2.21. The molecule has 0 radical (unpaired) electrons. The molecule has 1 heterocycles. The summed E-state index contributed by atoms with van der Waals surface area (Å²) >= 11 is 2.33. The van der Waals surface area contributed by atoms with Crippen molar-refractivity contribution in [1.29, 1.82) is 0 Å². The zero-order valence-corrected chi connectivity index (χ0v) is 13.6. The molecule has 0 aromatic carbocycles. The normalized spacial score (nSPS) is 12.6. The van der Waals surface area contributed by atoms with Crippen molar-refractivity contribution in [2.45, 2.75) is 29.7 Å². The van der Waals surface area contributed by atoms with Crippen molar-refractivity contribution in [3.63, 3.8) is 0 Å². The topological polar surface area (TPSA) is 83.5 Å². The molecule has 1 rings (SSSR count). The molecule has 0 saturated heterocycles. The van der Waals surface area contributed by atoms with E-state index < -0.39 is 16.0 Å². The molecule has 8 heteroatoms. The number of hydrogen-bond donors (Lipinski definition) is 2. The zero-order chi connectivity index (χ0) is 14.8. The first-order valence-electron chi connectivity index (χ1n) is 5.47. The van der Waals surface area contributed by atoms with Gasteiger partial charge in [0.25, 0.3) is 0 Å². The number of aromatic carboxylic acids is 1. The second-order valence-electron chi connectivity index (χ2n) is 4.67. The summed E-state index contributed by atoms with van der Waals surface area (Å²) in [4.78, 5) is 11.0. The molecule has 0 bridgehead atoms. The number of nitrogens with one attached hydrogen (secondary N) is 1. The maximum Gasteiger partial charge on any atom is 0.346 e. The number of thioether (sulfide) groups is 1. The molecule has 0 aliphatic heterocycles. The van der Waals surface area contributed by atoms with Crippen LogP contribution in [0.25, 0.3) is 0 Å². The molecule has 0 saturated carbocycles. The van der Waals surface area contributed by atoms with Gasteiger partial charge in [0, 0.05) is 11.3 Å². The molecule has 1 aromatic rings. The Hall–Kier alpha value is -0.570. The number of aryl methyl sites for hydroxylation is 1. The van der Waals surface area contributed by atoms with Gasteiger partial charge in [-0.05, 0) is 38.7 Å². The number of thiophene rings is 1. The molecule has 0 unspecified atom stereocenters. The van der Waals surface area contributed by atoms with E-state index in [0.29, 0.717) is 5.56 Å². The minimum atomic E-state index is -3.65. The molecule has 0 amide bonds. The van der Waals surface area contributed by atoms with Crippen LogP contribution in [0.2, 0.25) is 0 Å². The van der Waals surface area contributed by atoms with Gasteiger partial charge in [-0.15, -0.1) is 11.3 Å². The molecule has 0 aliphatic carbocycles. The van der Waals surface area contributed by atoms with E-state index >= 15 is 0 Å². The molecule has 0 aliphatic rings. The average Bonchev–Trinajstić information content (AvgIpc) is 2.70. The highest BCUT2D eigenvalue weighted by Crippen LogP contribution is 2.27. The van der Waals surface area contributed by atoms with Gasteiger partial charge in [0.15, 0.2) is 0 Å². The van der Waals surface area contributed by atoms with E-state index in [0.717, 1.165) is 11.3 Å².